The zero-order valence-corrected chi connectivity index (χ0v) is 14.2. The molecule has 1 aliphatic heterocycles. The largest absolute Gasteiger partial charge is 0.381 e. The van der Waals surface area contributed by atoms with Gasteiger partial charge < -0.3 is 4.74 Å². The second-order valence-electron chi connectivity index (χ2n) is 5.14. The Morgan fingerprint density at radius 1 is 1.19 bits per heavy atom. The van der Waals surface area contributed by atoms with Crippen LogP contribution in [0.4, 0.5) is 0 Å². The van der Waals surface area contributed by atoms with Crippen molar-refractivity contribution in [3.8, 4) is 0 Å². The summed E-state index contributed by atoms with van der Waals surface area (Å²) in [5.41, 5.74) is 2.46. The molecule has 0 unspecified atom stereocenters. The second kappa shape index (κ2) is 6.46. The Bertz CT molecular complexity index is 661. The second-order valence-corrected chi connectivity index (χ2v) is 6.79. The fourth-order valence-electron chi connectivity index (χ4n) is 2.53. The van der Waals surface area contributed by atoms with Gasteiger partial charge in [-0.3, -0.25) is 4.79 Å². The number of carbonyl (C=O) groups is 1. The third-order valence-electron chi connectivity index (χ3n) is 3.75. The Morgan fingerprint density at radius 3 is 2.62 bits per heavy atom. The molecule has 2 aromatic rings. The molecule has 2 nitrogen and oxygen atoms in total. The van der Waals surface area contributed by atoms with E-state index in [1.807, 2.05) is 36.4 Å². The molecule has 0 aliphatic carbocycles. The lowest BCUT2D eigenvalue weighted by Crippen LogP contribution is -2.04. The number of hydrogen-bond acceptors (Lipinski definition) is 2. The summed E-state index contributed by atoms with van der Waals surface area (Å²) in [4.78, 5) is 12.5. The van der Waals surface area contributed by atoms with Gasteiger partial charge in [-0.1, -0.05) is 35.9 Å². The number of hydrogen-bond donors (Lipinski definition) is 0. The van der Waals surface area contributed by atoms with Crippen LogP contribution in [0.2, 0.25) is 5.02 Å². The van der Waals surface area contributed by atoms with Crippen LogP contribution in [0.1, 0.15) is 33.8 Å². The molecule has 0 aromatic heterocycles. The molecule has 21 heavy (non-hydrogen) atoms. The van der Waals surface area contributed by atoms with E-state index in [4.69, 9.17) is 16.3 Å². The van der Waals surface area contributed by atoms with Crippen molar-refractivity contribution < 1.29 is 9.53 Å². The molecule has 4 heteroatoms. The molecular weight excluding hydrogens is 399 g/mol. The van der Waals surface area contributed by atoms with E-state index in [1.165, 1.54) is 5.56 Å². The number of ether oxygens (including phenoxy) is 1. The van der Waals surface area contributed by atoms with Crippen molar-refractivity contribution in [2.75, 3.05) is 13.2 Å². The van der Waals surface area contributed by atoms with Crippen molar-refractivity contribution in [1.29, 1.82) is 0 Å². The summed E-state index contributed by atoms with van der Waals surface area (Å²) in [6, 6.07) is 13.3. The van der Waals surface area contributed by atoms with Gasteiger partial charge in [0.15, 0.2) is 5.78 Å². The van der Waals surface area contributed by atoms with E-state index in [0.717, 1.165) is 23.2 Å². The first-order valence-corrected chi connectivity index (χ1v) is 8.28. The Kier molecular flexibility index (Phi) is 4.62. The minimum absolute atomic E-state index is 0.0345. The average molecular weight is 413 g/mol. The first-order chi connectivity index (χ1) is 10.1. The molecule has 0 N–H and O–H groups in total. The quantitative estimate of drug-likeness (QED) is 0.540. The van der Waals surface area contributed by atoms with Gasteiger partial charge in [-0.2, -0.15) is 0 Å². The van der Waals surface area contributed by atoms with Crippen molar-refractivity contribution in [3.63, 3.8) is 0 Å². The average Bonchev–Trinajstić information content (AvgIpc) is 3.03. The zero-order valence-electron chi connectivity index (χ0n) is 11.3. The smallest absolute Gasteiger partial charge is 0.194 e. The fourth-order valence-corrected chi connectivity index (χ4v) is 3.23. The fraction of sp³-hybridized carbons (Fsp3) is 0.235. The topological polar surface area (TPSA) is 26.3 Å². The Morgan fingerprint density at radius 2 is 1.95 bits per heavy atom. The van der Waals surface area contributed by atoms with Crippen LogP contribution < -0.4 is 0 Å². The van der Waals surface area contributed by atoms with E-state index in [1.54, 1.807) is 6.07 Å². The summed E-state index contributed by atoms with van der Waals surface area (Å²) in [7, 11) is 0. The molecule has 1 aliphatic rings. The van der Waals surface area contributed by atoms with Crippen molar-refractivity contribution in [2.45, 2.75) is 12.3 Å². The standard InChI is InChI=1S/C17H14ClIO2/c18-16-6-5-14(19)9-15(16)17(20)12-3-1-11(2-4-12)13-7-8-21-10-13/h1-6,9,13H,7-8,10H2/t13-/m1/s1. The van der Waals surface area contributed by atoms with Crippen LogP contribution in [-0.2, 0) is 4.74 Å². The lowest BCUT2D eigenvalue weighted by atomic mass is 9.95. The molecule has 0 amide bonds. The molecule has 2 aromatic carbocycles. The van der Waals surface area contributed by atoms with Crippen molar-refractivity contribution in [2.24, 2.45) is 0 Å². The molecular formula is C17H14ClIO2. The summed E-state index contributed by atoms with van der Waals surface area (Å²) in [5.74, 6) is 0.420. The molecule has 1 fully saturated rings. The number of rotatable bonds is 3. The van der Waals surface area contributed by atoms with Gasteiger partial charge in [0.25, 0.3) is 0 Å². The predicted molar refractivity (Wildman–Crippen MR) is 92.2 cm³/mol. The van der Waals surface area contributed by atoms with Crippen molar-refractivity contribution in [3.05, 3.63) is 67.7 Å². The van der Waals surface area contributed by atoms with Gasteiger partial charge in [0.05, 0.1) is 11.6 Å². The van der Waals surface area contributed by atoms with Crippen LogP contribution in [-0.4, -0.2) is 19.0 Å². The summed E-state index contributed by atoms with van der Waals surface area (Å²) in [6.07, 6.45) is 1.05. The Hall–Kier alpha value is -0.910. The van der Waals surface area contributed by atoms with E-state index >= 15 is 0 Å². The third kappa shape index (κ3) is 3.30. The molecule has 108 valence electrons. The maximum atomic E-state index is 12.5. The van der Waals surface area contributed by atoms with Gasteiger partial charge in [0, 0.05) is 27.2 Å². The van der Waals surface area contributed by atoms with E-state index in [0.29, 0.717) is 22.1 Å². The number of ketones is 1. The SMILES string of the molecule is O=C(c1ccc([C@@H]2CCOC2)cc1)c1cc(I)ccc1Cl. The molecule has 0 bridgehead atoms. The van der Waals surface area contributed by atoms with Gasteiger partial charge in [0.2, 0.25) is 0 Å². The Balaban J connectivity index is 1.86. The molecule has 1 saturated heterocycles. The van der Waals surface area contributed by atoms with E-state index in [-0.39, 0.29) is 5.78 Å². The zero-order chi connectivity index (χ0) is 14.8. The third-order valence-corrected chi connectivity index (χ3v) is 4.75. The summed E-state index contributed by atoms with van der Waals surface area (Å²) < 4.78 is 6.40. The summed E-state index contributed by atoms with van der Waals surface area (Å²) >= 11 is 8.32. The van der Waals surface area contributed by atoms with Crippen LogP contribution in [0.5, 0.6) is 0 Å². The summed E-state index contributed by atoms with van der Waals surface area (Å²) in [6.45, 7) is 1.60. The normalized spacial score (nSPS) is 17.9. The van der Waals surface area contributed by atoms with Gasteiger partial charge in [-0.25, -0.2) is 0 Å². The summed E-state index contributed by atoms with van der Waals surface area (Å²) in [5, 5.41) is 0.494. The van der Waals surface area contributed by atoms with E-state index < -0.39 is 0 Å². The highest BCUT2D eigenvalue weighted by atomic mass is 127. The molecule has 1 atom stereocenters. The highest BCUT2D eigenvalue weighted by Gasteiger charge is 2.19. The lowest BCUT2D eigenvalue weighted by molar-refractivity contribution is 0.103. The van der Waals surface area contributed by atoms with Gasteiger partial charge >= 0.3 is 0 Å². The first kappa shape index (κ1) is 15.0. The van der Waals surface area contributed by atoms with E-state index in [2.05, 4.69) is 22.6 Å². The van der Waals surface area contributed by atoms with Crippen LogP contribution in [0.15, 0.2) is 42.5 Å². The van der Waals surface area contributed by atoms with Crippen molar-refractivity contribution in [1.82, 2.24) is 0 Å². The number of benzene rings is 2. The lowest BCUT2D eigenvalue weighted by Gasteiger charge is -2.09. The minimum atomic E-state index is -0.0345. The minimum Gasteiger partial charge on any atom is -0.381 e. The van der Waals surface area contributed by atoms with Crippen LogP contribution in [0, 0.1) is 3.57 Å². The molecule has 0 saturated carbocycles. The maximum absolute atomic E-state index is 12.5. The van der Waals surface area contributed by atoms with Crippen LogP contribution in [0.3, 0.4) is 0 Å². The van der Waals surface area contributed by atoms with Crippen molar-refractivity contribution >= 4 is 40.0 Å². The van der Waals surface area contributed by atoms with E-state index in [9.17, 15) is 4.79 Å². The monoisotopic (exact) mass is 412 g/mol. The molecule has 1 heterocycles. The number of halogens is 2. The molecule has 3 rings (SSSR count). The Labute approximate surface area is 142 Å². The maximum Gasteiger partial charge on any atom is 0.194 e. The number of carbonyl (C=O) groups excluding carboxylic acids is 1. The predicted octanol–water partition coefficient (Wildman–Crippen LogP) is 4.68. The van der Waals surface area contributed by atoms with Crippen LogP contribution in [0.25, 0.3) is 0 Å². The highest BCUT2D eigenvalue weighted by Crippen LogP contribution is 2.27. The van der Waals surface area contributed by atoms with Gasteiger partial charge in [-0.15, -0.1) is 0 Å². The highest BCUT2D eigenvalue weighted by molar-refractivity contribution is 14.1. The first-order valence-electron chi connectivity index (χ1n) is 6.82. The molecule has 0 spiro atoms. The van der Waals surface area contributed by atoms with Gasteiger partial charge in [0.1, 0.15) is 0 Å². The molecule has 0 radical (unpaired) electrons. The van der Waals surface area contributed by atoms with Gasteiger partial charge in [-0.05, 0) is 52.8 Å². The van der Waals surface area contributed by atoms with Crippen LogP contribution >= 0.6 is 34.2 Å².